The number of aromatic nitrogens is 1. The summed E-state index contributed by atoms with van der Waals surface area (Å²) in [6.07, 6.45) is 8.45. The first-order valence-electron chi connectivity index (χ1n) is 6.78. The second kappa shape index (κ2) is 4.21. The van der Waals surface area contributed by atoms with Crippen molar-refractivity contribution in [1.82, 2.24) is 4.98 Å². The third kappa shape index (κ3) is 1.99. The predicted octanol–water partition coefficient (Wildman–Crippen LogP) is 3.26. The Morgan fingerprint density at radius 2 is 2.24 bits per heavy atom. The number of nitrogens with zero attached hydrogens (tertiary/aromatic N) is 1. The van der Waals surface area contributed by atoms with Crippen LogP contribution in [-0.2, 0) is 0 Å². The van der Waals surface area contributed by atoms with Gasteiger partial charge in [0.25, 0.3) is 0 Å². The molecule has 0 unspecified atom stereocenters. The molecule has 2 N–H and O–H groups in total. The number of pyridine rings is 1. The Labute approximate surface area is 103 Å². The van der Waals surface area contributed by atoms with Gasteiger partial charge < -0.3 is 10.6 Å². The van der Waals surface area contributed by atoms with Gasteiger partial charge in [-0.25, -0.2) is 4.98 Å². The molecule has 1 aliphatic heterocycles. The van der Waals surface area contributed by atoms with E-state index in [9.17, 15) is 0 Å². The molecule has 1 spiro atoms. The molecule has 1 aromatic rings. The Morgan fingerprint density at radius 1 is 1.41 bits per heavy atom. The fourth-order valence-electron chi connectivity index (χ4n) is 3.15. The molecule has 0 saturated heterocycles. The van der Waals surface area contributed by atoms with Crippen LogP contribution >= 0.6 is 0 Å². The van der Waals surface area contributed by atoms with Crippen molar-refractivity contribution in [2.45, 2.75) is 44.6 Å². The zero-order valence-corrected chi connectivity index (χ0v) is 10.5. The zero-order chi connectivity index (χ0) is 11.7. The fraction of sp³-hybridized carbons (Fsp3) is 0.643. The Balaban J connectivity index is 1.75. The van der Waals surface area contributed by atoms with Crippen LogP contribution in [0.25, 0.3) is 0 Å². The van der Waals surface area contributed by atoms with Crippen LogP contribution in [0.2, 0.25) is 0 Å². The molecule has 1 aromatic heterocycles. The van der Waals surface area contributed by atoms with Crippen molar-refractivity contribution in [1.29, 1.82) is 0 Å². The standard InChI is InChI=1S/C14H21N3/c1-2-11-5-7-14(8-6-11)10-16-12-4-3-9-15-13(12)17-14/h3-4,9,11,16H,2,5-8,10H2,1H3,(H,15,17). The lowest BCUT2D eigenvalue weighted by atomic mass is 9.75. The Kier molecular flexibility index (Phi) is 2.69. The minimum absolute atomic E-state index is 0.257. The SMILES string of the molecule is CCC1CCC2(CC1)CNc1cccnc1N2. The van der Waals surface area contributed by atoms with Crippen LogP contribution in [0.15, 0.2) is 18.3 Å². The maximum Gasteiger partial charge on any atom is 0.149 e. The van der Waals surface area contributed by atoms with Gasteiger partial charge in [-0.3, -0.25) is 0 Å². The van der Waals surface area contributed by atoms with E-state index in [0.717, 1.165) is 24.0 Å². The smallest absolute Gasteiger partial charge is 0.149 e. The van der Waals surface area contributed by atoms with Gasteiger partial charge in [0.15, 0.2) is 0 Å². The van der Waals surface area contributed by atoms with E-state index in [4.69, 9.17) is 0 Å². The number of rotatable bonds is 1. The fourth-order valence-corrected chi connectivity index (χ4v) is 3.15. The maximum absolute atomic E-state index is 4.43. The molecule has 92 valence electrons. The number of hydrogen-bond donors (Lipinski definition) is 2. The van der Waals surface area contributed by atoms with E-state index in [1.165, 1.54) is 32.1 Å². The lowest BCUT2D eigenvalue weighted by molar-refractivity contribution is 0.255. The summed E-state index contributed by atoms with van der Waals surface area (Å²) < 4.78 is 0. The summed E-state index contributed by atoms with van der Waals surface area (Å²) >= 11 is 0. The second-order valence-corrected chi connectivity index (χ2v) is 5.51. The number of anilines is 2. The van der Waals surface area contributed by atoms with Crippen LogP contribution in [0.5, 0.6) is 0 Å². The van der Waals surface area contributed by atoms with Crippen LogP contribution in [0.3, 0.4) is 0 Å². The largest absolute Gasteiger partial charge is 0.380 e. The molecular weight excluding hydrogens is 210 g/mol. The van der Waals surface area contributed by atoms with E-state index in [1.807, 2.05) is 12.3 Å². The van der Waals surface area contributed by atoms with Crippen LogP contribution < -0.4 is 10.6 Å². The van der Waals surface area contributed by atoms with Gasteiger partial charge in [-0.1, -0.05) is 13.3 Å². The molecule has 17 heavy (non-hydrogen) atoms. The van der Waals surface area contributed by atoms with Crippen molar-refractivity contribution in [2.24, 2.45) is 5.92 Å². The predicted molar refractivity (Wildman–Crippen MR) is 71.3 cm³/mol. The highest BCUT2D eigenvalue weighted by Gasteiger charge is 2.37. The van der Waals surface area contributed by atoms with Crippen molar-refractivity contribution >= 4 is 11.5 Å². The van der Waals surface area contributed by atoms with Gasteiger partial charge >= 0.3 is 0 Å². The molecule has 0 radical (unpaired) electrons. The molecule has 3 nitrogen and oxygen atoms in total. The molecule has 0 aromatic carbocycles. The zero-order valence-electron chi connectivity index (χ0n) is 10.5. The van der Waals surface area contributed by atoms with Crippen molar-refractivity contribution in [2.75, 3.05) is 17.2 Å². The van der Waals surface area contributed by atoms with Crippen LogP contribution in [-0.4, -0.2) is 17.1 Å². The number of hydrogen-bond acceptors (Lipinski definition) is 3. The van der Waals surface area contributed by atoms with Crippen molar-refractivity contribution in [3.05, 3.63) is 18.3 Å². The van der Waals surface area contributed by atoms with E-state index >= 15 is 0 Å². The highest BCUT2D eigenvalue weighted by Crippen LogP contribution is 2.39. The van der Waals surface area contributed by atoms with Crippen LogP contribution in [0.4, 0.5) is 11.5 Å². The van der Waals surface area contributed by atoms with Gasteiger partial charge in [0.1, 0.15) is 5.82 Å². The minimum Gasteiger partial charge on any atom is -0.380 e. The van der Waals surface area contributed by atoms with E-state index in [2.05, 4.69) is 28.6 Å². The van der Waals surface area contributed by atoms with Gasteiger partial charge in [0.05, 0.1) is 11.2 Å². The molecule has 1 aliphatic carbocycles. The Bertz CT molecular complexity index is 394. The van der Waals surface area contributed by atoms with Gasteiger partial charge in [0, 0.05) is 12.7 Å². The van der Waals surface area contributed by atoms with Gasteiger partial charge in [-0.05, 0) is 43.7 Å². The second-order valence-electron chi connectivity index (χ2n) is 5.51. The third-order valence-corrected chi connectivity index (χ3v) is 4.45. The first kappa shape index (κ1) is 10.9. The first-order valence-corrected chi connectivity index (χ1v) is 6.78. The summed E-state index contributed by atoms with van der Waals surface area (Å²) in [5, 5.41) is 7.21. The molecule has 0 atom stereocenters. The lowest BCUT2D eigenvalue weighted by Gasteiger charge is -2.44. The average molecular weight is 231 g/mol. The molecule has 0 bridgehead atoms. The van der Waals surface area contributed by atoms with Crippen molar-refractivity contribution in [3.63, 3.8) is 0 Å². The molecule has 1 saturated carbocycles. The Morgan fingerprint density at radius 3 is 3.00 bits per heavy atom. The monoisotopic (exact) mass is 231 g/mol. The topological polar surface area (TPSA) is 37.0 Å². The quantitative estimate of drug-likeness (QED) is 0.779. The molecule has 1 fully saturated rings. The van der Waals surface area contributed by atoms with Crippen LogP contribution in [0.1, 0.15) is 39.0 Å². The lowest BCUT2D eigenvalue weighted by Crippen LogP contribution is -2.50. The number of fused-ring (bicyclic) bond motifs is 1. The van der Waals surface area contributed by atoms with E-state index in [-0.39, 0.29) is 5.54 Å². The summed E-state index contributed by atoms with van der Waals surface area (Å²) in [5.74, 6) is 1.97. The Hall–Kier alpha value is -1.25. The number of nitrogens with one attached hydrogen (secondary N) is 2. The van der Waals surface area contributed by atoms with Crippen molar-refractivity contribution < 1.29 is 0 Å². The molecular formula is C14H21N3. The summed E-state index contributed by atoms with van der Waals surface area (Å²) in [5.41, 5.74) is 1.41. The van der Waals surface area contributed by atoms with Crippen molar-refractivity contribution in [3.8, 4) is 0 Å². The van der Waals surface area contributed by atoms with Gasteiger partial charge in [-0.2, -0.15) is 0 Å². The maximum atomic E-state index is 4.43. The van der Waals surface area contributed by atoms with E-state index in [1.54, 1.807) is 0 Å². The van der Waals surface area contributed by atoms with Crippen LogP contribution in [0, 0.1) is 5.92 Å². The van der Waals surface area contributed by atoms with Gasteiger partial charge in [-0.15, -0.1) is 0 Å². The molecule has 2 aliphatic rings. The molecule has 2 heterocycles. The highest BCUT2D eigenvalue weighted by molar-refractivity contribution is 5.67. The highest BCUT2D eigenvalue weighted by atomic mass is 15.2. The normalized spacial score (nSPS) is 31.5. The van der Waals surface area contributed by atoms with E-state index in [0.29, 0.717) is 0 Å². The average Bonchev–Trinajstić information content (AvgIpc) is 2.40. The van der Waals surface area contributed by atoms with E-state index < -0.39 is 0 Å². The first-order chi connectivity index (χ1) is 8.31. The summed E-state index contributed by atoms with van der Waals surface area (Å²) in [6, 6.07) is 4.08. The molecule has 3 heteroatoms. The summed E-state index contributed by atoms with van der Waals surface area (Å²) in [7, 11) is 0. The van der Waals surface area contributed by atoms with Gasteiger partial charge in [0.2, 0.25) is 0 Å². The molecule has 3 rings (SSSR count). The third-order valence-electron chi connectivity index (χ3n) is 4.45. The summed E-state index contributed by atoms with van der Waals surface area (Å²) in [6.45, 7) is 3.36. The summed E-state index contributed by atoms with van der Waals surface area (Å²) in [4.78, 5) is 4.43. The minimum atomic E-state index is 0.257. The molecule has 0 amide bonds.